The lowest BCUT2D eigenvalue weighted by Gasteiger charge is -2.15. The Hall–Kier alpha value is -0.500. The van der Waals surface area contributed by atoms with Gasteiger partial charge in [-0.2, -0.15) is 0 Å². The van der Waals surface area contributed by atoms with E-state index in [2.05, 4.69) is 48.8 Å². The van der Waals surface area contributed by atoms with Crippen molar-refractivity contribution in [2.45, 2.75) is 32.0 Å². The predicted octanol–water partition coefficient (Wildman–Crippen LogP) is 4.49. The van der Waals surface area contributed by atoms with Gasteiger partial charge in [0.25, 0.3) is 0 Å². The number of rotatable bonds is 3. The quantitative estimate of drug-likeness (QED) is 0.743. The molecule has 0 amide bonds. The summed E-state index contributed by atoms with van der Waals surface area (Å²) in [4.78, 5) is 0.480. The van der Waals surface area contributed by atoms with Crippen molar-refractivity contribution >= 4 is 15.9 Å². The van der Waals surface area contributed by atoms with Gasteiger partial charge in [0.05, 0.1) is 7.11 Å². The van der Waals surface area contributed by atoms with Gasteiger partial charge in [0, 0.05) is 4.83 Å². The lowest BCUT2D eigenvalue weighted by Crippen LogP contribution is -2.01. The van der Waals surface area contributed by atoms with Gasteiger partial charge in [-0.25, -0.2) is 0 Å². The standard InChI is InChI=1S/C14H19BrO/c1-9-7-10(16-4)5-6-11(9)13(15)12-8-14(12,2)3/h5-7,12-13H,8H2,1-4H3. The van der Waals surface area contributed by atoms with Crippen molar-refractivity contribution in [3.8, 4) is 5.75 Å². The lowest BCUT2D eigenvalue weighted by atomic mass is 9.99. The predicted molar refractivity (Wildman–Crippen MR) is 71.3 cm³/mol. The van der Waals surface area contributed by atoms with Gasteiger partial charge in [0.2, 0.25) is 0 Å². The fraction of sp³-hybridized carbons (Fsp3) is 0.571. The maximum absolute atomic E-state index is 5.23. The van der Waals surface area contributed by atoms with Crippen molar-refractivity contribution in [3.05, 3.63) is 29.3 Å². The molecule has 1 saturated carbocycles. The van der Waals surface area contributed by atoms with Crippen LogP contribution in [0.1, 0.15) is 36.2 Å². The minimum Gasteiger partial charge on any atom is -0.497 e. The normalized spacial score (nSPS) is 23.9. The summed E-state index contributed by atoms with van der Waals surface area (Å²) < 4.78 is 5.23. The van der Waals surface area contributed by atoms with Crippen molar-refractivity contribution in [1.29, 1.82) is 0 Å². The second-order valence-corrected chi connectivity index (χ2v) is 6.41. The Kier molecular flexibility index (Phi) is 3.04. The van der Waals surface area contributed by atoms with Gasteiger partial charge in [-0.1, -0.05) is 35.8 Å². The second kappa shape index (κ2) is 4.06. The summed E-state index contributed by atoms with van der Waals surface area (Å²) in [7, 11) is 1.71. The van der Waals surface area contributed by atoms with E-state index in [1.54, 1.807) is 7.11 Å². The monoisotopic (exact) mass is 282 g/mol. The van der Waals surface area contributed by atoms with Crippen LogP contribution in [0.3, 0.4) is 0 Å². The molecule has 1 aromatic rings. The molecule has 1 nitrogen and oxygen atoms in total. The zero-order chi connectivity index (χ0) is 11.9. The van der Waals surface area contributed by atoms with Crippen LogP contribution >= 0.6 is 15.9 Å². The summed E-state index contributed by atoms with van der Waals surface area (Å²) in [5, 5.41) is 0. The van der Waals surface area contributed by atoms with E-state index < -0.39 is 0 Å². The largest absolute Gasteiger partial charge is 0.497 e. The third-order valence-corrected chi connectivity index (χ3v) is 4.85. The molecule has 0 spiro atoms. The Morgan fingerprint density at radius 3 is 2.50 bits per heavy atom. The molecule has 0 aromatic heterocycles. The molecule has 1 aliphatic rings. The number of methoxy groups -OCH3 is 1. The number of ether oxygens (including phenoxy) is 1. The summed E-state index contributed by atoms with van der Waals surface area (Å²) in [6.45, 7) is 6.83. The zero-order valence-electron chi connectivity index (χ0n) is 10.4. The van der Waals surface area contributed by atoms with Gasteiger partial charge in [0.1, 0.15) is 5.75 Å². The van der Waals surface area contributed by atoms with E-state index in [-0.39, 0.29) is 0 Å². The number of hydrogen-bond donors (Lipinski definition) is 0. The molecule has 2 rings (SSSR count). The van der Waals surface area contributed by atoms with Crippen LogP contribution in [-0.4, -0.2) is 7.11 Å². The summed E-state index contributed by atoms with van der Waals surface area (Å²) in [6, 6.07) is 6.34. The highest BCUT2D eigenvalue weighted by Gasteiger charge is 2.49. The Balaban J connectivity index is 2.21. The molecule has 0 heterocycles. The van der Waals surface area contributed by atoms with E-state index in [0.717, 1.165) is 11.7 Å². The van der Waals surface area contributed by atoms with Gasteiger partial charge in [-0.3, -0.25) is 0 Å². The average Bonchev–Trinajstić information content (AvgIpc) is 2.86. The fourth-order valence-electron chi connectivity index (χ4n) is 2.31. The first-order chi connectivity index (χ1) is 7.45. The molecule has 2 atom stereocenters. The van der Waals surface area contributed by atoms with Gasteiger partial charge in [0.15, 0.2) is 0 Å². The molecule has 0 saturated heterocycles. The molecule has 1 fully saturated rings. The molecule has 0 aliphatic heterocycles. The van der Waals surface area contributed by atoms with Gasteiger partial charge in [-0.05, 0) is 47.9 Å². The van der Waals surface area contributed by atoms with E-state index in [9.17, 15) is 0 Å². The van der Waals surface area contributed by atoms with Crippen LogP contribution in [-0.2, 0) is 0 Å². The molecule has 2 heteroatoms. The maximum atomic E-state index is 5.23. The van der Waals surface area contributed by atoms with Gasteiger partial charge < -0.3 is 4.74 Å². The maximum Gasteiger partial charge on any atom is 0.119 e. The second-order valence-electron chi connectivity index (χ2n) is 5.42. The van der Waals surface area contributed by atoms with Crippen LogP contribution in [0.2, 0.25) is 0 Å². The Labute approximate surface area is 106 Å². The summed E-state index contributed by atoms with van der Waals surface area (Å²) in [6.07, 6.45) is 1.31. The van der Waals surface area contributed by atoms with E-state index >= 15 is 0 Å². The van der Waals surface area contributed by atoms with Crippen LogP contribution in [0.4, 0.5) is 0 Å². The topological polar surface area (TPSA) is 9.23 Å². The van der Waals surface area contributed by atoms with Crippen LogP contribution in [0.5, 0.6) is 5.75 Å². The number of benzene rings is 1. The fourth-order valence-corrected chi connectivity index (χ4v) is 3.72. The SMILES string of the molecule is COc1ccc(C(Br)C2CC2(C)C)c(C)c1. The van der Waals surface area contributed by atoms with Crippen molar-refractivity contribution in [2.75, 3.05) is 7.11 Å². The summed E-state index contributed by atoms with van der Waals surface area (Å²) in [5.41, 5.74) is 3.21. The Morgan fingerprint density at radius 1 is 1.44 bits per heavy atom. The van der Waals surface area contributed by atoms with Crippen molar-refractivity contribution in [2.24, 2.45) is 11.3 Å². The number of hydrogen-bond acceptors (Lipinski definition) is 1. The van der Waals surface area contributed by atoms with Crippen LogP contribution in [0.25, 0.3) is 0 Å². The van der Waals surface area contributed by atoms with Crippen LogP contribution < -0.4 is 4.74 Å². The van der Waals surface area contributed by atoms with E-state index in [1.807, 2.05) is 6.07 Å². The van der Waals surface area contributed by atoms with Gasteiger partial charge in [-0.15, -0.1) is 0 Å². The van der Waals surface area contributed by atoms with Crippen molar-refractivity contribution in [3.63, 3.8) is 0 Å². The first-order valence-corrected chi connectivity index (χ1v) is 6.66. The summed E-state index contributed by atoms with van der Waals surface area (Å²) >= 11 is 3.84. The first kappa shape index (κ1) is 12.0. The van der Waals surface area contributed by atoms with Crippen LogP contribution in [0, 0.1) is 18.3 Å². The minimum absolute atomic E-state index is 0.480. The van der Waals surface area contributed by atoms with Gasteiger partial charge >= 0.3 is 0 Å². The van der Waals surface area contributed by atoms with Crippen molar-refractivity contribution in [1.82, 2.24) is 0 Å². The molecule has 0 N–H and O–H groups in total. The number of alkyl halides is 1. The third kappa shape index (κ3) is 2.13. The minimum atomic E-state index is 0.480. The van der Waals surface area contributed by atoms with E-state index in [4.69, 9.17) is 4.74 Å². The number of halogens is 1. The first-order valence-electron chi connectivity index (χ1n) is 5.74. The third-order valence-electron chi connectivity index (χ3n) is 3.72. The Bertz CT molecular complexity index is 398. The highest BCUT2D eigenvalue weighted by Crippen LogP contribution is 2.60. The molecular formula is C14H19BrO. The Morgan fingerprint density at radius 2 is 2.06 bits per heavy atom. The molecular weight excluding hydrogens is 264 g/mol. The molecule has 1 aliphatic carbocycles. The highest BCUT2D eigenvalue weighted by molar-refractivity contribution is 9.09. The zero-order valence-corrected chi connectivity index (χ0v) is 12.0. The van der Waals surface area contributed by atoms with E-state index in [1.165, 1.54) is 17.5 Å². The molecule has 16 heavy (non-hydrogen) atoms. The van der Waals surface area contributed by atoms with E-state index in [0.29, 0.717) is 10.2 Å². The molecule has 0 radical (unpaired) electrons. The van der Waals surface area contributed by atoms with Crippen LogP contribution in [0.15, 0.2) is 18.2 Å². The lowest BCUT2D eigenvalue weighted by molar-refractivity contribution is 0.414. The molecule has 88 valence electrons. The average molecular weight is 283 g/mol. The van der Waals surface area contributed by atoms with Crippen molar-refractivity contribution < 1.29 is 4.74 Å². The molecule has 1 aromatic carbocycles. The summed E-state index contributed by atoms with van der Waals surface area (Å²) in [5.74, 6) is 1.70. The molecule has 2 unspecified atom stereocenters. The molecule has 0 bridgehead atoms. The highest BCUT2D eigenvalue weighted by atomic mass is 79.9. The smallest absolute Gasteiger partial charge is 0.119 e. The number of aryl methyl sites for hydroxylation is 1.